The molecule has 0 spiro atoms. The number of aromatic hydroxyl groups is 1. The highest BCUT2D eigenvalue weighted by Crippen LogP contribution is 2.29. The zero-order chi connectivity index (χ0) is 15.2. The Balaban J connectivity index is 2.71. The van der Waals surface area contributed by atoms with E-state index in [0.717, 1.165) is 17.6 Å². The van der Waals surface area contributed by atoms with Crippen LogP contribution in [0.4, 0.5) is 0 Å². The first-order valence-electron chi connectivity index (χ1n) is 6.81. The van der Waals surface area contributed by atoms with Crippen LogP contribution < -0.4 is 0 Å². The summed E-state index contributed by atoms with van der Waals surface area (Å²) in [4.78, 5) is 0. The molecular weight excluding hydrogens is 248 g/mol. The maximum Gasteiger partial charge on any atom is 0.115 e. The van der Waals surface area contributed by atoms with Crippen LogP contribution in [0.15, 0.2) is 55.1 Å². The van der Waals surface area contributed by atoms with Crippen molar-refractivity contribution < 1.29 is 10.2 Å². The highest BCUT2D eigenvalue weighted by molar-refractivity contribution is 5.51. The molecule has 0 aliphatic rings. The lowest BCUT2D eigenvalue weighted by Gasteiger charge is -2.23. The van der Waals surface area contributed by atoms with Crippen molar-refractivity contribution in [2.24, 2.45) is 5.41 Å². The van der Waals surface area contributed by atoms with E-state index in [1.807, 2.05) is 31.2 Å². The Morgan fingerprint density at radius 1 is 1.35 bits per heavy atom. The zero-order valence-corrected chi connectivity index (χ0v) is 12.3. The standard InChI is InChI=1S/C18H24O2/c1-5-18(4,13-11-17(20)14(2)3)12-10-15-6-8-16(19)9-7-15/h5-10,12,17,19-20H,1-2,11,13H2,3-4H3/t17-,18+/m0/s1. The second-order valence-electron chi connectivity index (χ2n) is 5.54. The fourth-order valence-corrected chi connectivity index (χ4v) is 1.82. The summed E-state index contributed by atoms with van der Waals surface area (Å²) in [6, 6.07) is 7.04. The Morgan fingerprint density at radius 3 is 2.45 bits per heavy atom. The van der Waals surface area contributed by atoms with Gasteiger partial charge in [-0.15, -0.1) is 6.58 Å². The van der Waals surface area contributed by atoms with Gasteiger partial charge < -0.3 is 10.2 Å². The van der Waals surface area contributed by atoms with Crippen molar-refractivity contribution in [3.05, 3.63) is 60.7 Å². The average Bonchev–Trinajstić information content (AvgIpc) is 2.44. The van der Waals surface area contributed by atoms with E-state index in [1.165, 1.54) is 0 Å². The number of rotatable bonds is 7. The smallest absolute Gasteiger partial charge is 0.115 e. The van der Waals surface area contributed by atoms with Crippen LogP contribution in [0.5, 0.6) is 5.75 Å². The molecule has 1 aromatic rings. The number of benzene rings is 1. The van der Waals surface area contributed by atoms with Crippen LogP contribution in [-0.4, -0.2) is 16.3 Å². The largest absolute Gasteiger partial charge is 0.508 e. The fraction of sp³-hybridized carbons (Fsp3) is 0.333. The average molecular weight is 272 g/mol. The lowest BCUT2D eigenvalue weighted by molar-refractivity contribution is 0.187. The summed E-state index contributed by atoms with van der Waals surface area (Å²) >= 11 is 0. The molecule has 0 aliphatic carbocycles. The molecule has 0 saturated carbocycles. The fourth-order valence-electron chi connectivity index (χ4n) is 1.82. The summed E-state index contributed by atoms with van der Waals surface area (Å²) in [6.07, 6.45) is 6.99. The zero-order valence-electron chi connectivity index (χ0n) is 12.3. The molecule has 0 heterocycles. The molecule has 1 aromatic carbocycles. The van der Waals surface area contributed by atoms with E-state index in [4.69, 9.17) is 0 Å². The van der Waals surface area contributed by atoms with Gasteiger partial charge in [0, 0.05) is 5.41 Å². The molecule has 1 rings (SSSR count). The minimum absolute atomic E-state index is 0.172. The van der Waals surface area contributed by atoms with Gasteiger partial charge in [0.25, 0.3) is 0 Å². The van der Waals surface area contributed by atoms with Crippen molar-refractivity contribution in [3.63, 3.8) is 0 Å². The van der Waals surface area contributed by atoms with Gasteiger partial charge >= 0.3 is 0 Å². The van der Waals surface area contributed by atoms with Crippen LogP contribution in [0.25, 0.3) is 6.08 Å². The monoisotopic (exact) mass is 272 g/mol. The molecule has 0 amide bonds. The Kier molecular flexibility index (Phi) is 5.78. The van der Waals surface area contributed by atoms with Crippen LogP contribution in [0.1, 0.15) is 32.3 Å². The van der Waals surface area contributed by atoms with Gasteiger partial charge in [-0.1, -0.05) is 49.4 Å². The lowest BCUT2D eigenvalue weighted by atomic mass is 9.83. The molecule has 20 heavy (non-hydrogen) atoms. The SMILES string of the molecule is C=C[C@](C)(C=Cc1ccc(O)cc1)CC[C@H](O)C(=C)C. The number of allylic oxidation sites excluding steroid dienone is 2. The first-order valence-corrected chi connectivity index (χ1v) is 6.81. The molecule has 0 bridgehead atoms. The van der Waals surface area contributed by atoms with Crippen LogP contribution >= 0.6 is 0 Å². The minimum Gasteiger partial charge on any atom is -0.508 e. The van der Waals surface area contributed by atoms with E-state index in [1.54, 1.807) is 12.1 Å². The van der Waals surface area contributed by atoms with Gasteiger partial charge in [-0.3, -0.25) is 0 Å². The van der Waals surface area contributed by atoms with Gasteiger partial charge in [0.15, 0.2) is 0 Å². The Labute approximate surface area is 121 Å². The van der Waals surface area contributed by atoms with Gasteiger partial charge in [-0.2, -0.15) is 0 Å². The first kappa shape index (κ1) is 16.3. The predicted octanol–water partition coefficient (Wildman–Crippen LogP) is 4.31. The van der Waals surface area contributed by atoms with Crippen LogP contribution in [0.3, 0.4) is 0 Å². The van der Waals surface area contributed by atoms with Crippen molar-refractivity contribution in [2.45, 2.75) is 32.8 Å². The van der Waals surface area contributed by atoms with E-state index in [-0.39, 0.29) is 11.2 Å². The first-order chi connectivity index (χ1) is 9.36. The Hall–Kier alpha value is -1.80. The van der Waals surface area contributed by atoms with E-state index < -0.39 is 6.10 Å². The summed E-state index contributed by atoms with van der Waals surface area (Å²) in [7, 11) is 0. The molecule has 0 unspecified atom stereocenters. The normalized spacial score (nSPS) is 15.8. The van der Waals surface area contributed by atoms with Gasteiger partial charge in [0.1, 0.15) is 5.75 Å². The number of aliphatic hydroxyl groups excluding tert-OH is 1. The van der Waals surface area contributed by atoms with E-state index in [2.05, 4.69) is 26.2 Å². The molecule has 108 valence electrons. The third kappa shape index (κ3) is 5.06. The molecule has 0 fully saturated rings. The second-order valence-corrected chi connectivity index (χ2v) is 5.54. The molecule has 2 heteroatoms. The van der Waals surface area contributed by atoms with Gasteiger partial charge in [0.05, 0.1) is 6.10 Å². The number of hydrogen-bond acceptors (Lipinski definition) is 2. The van der Waals surface area contributed by atoms with Gasteiger partial charge in [0.2, 0.25) is 0 Å². The number of aliphatic hydroxyl groups is 1. The number of hydrogen-bond donors (Lipinski definition) is 2. The molecular formula is C18H24O2. The van der Waals surface area contributed by atoms with Crippen molar-refractivity contribution in [1.82, 2.24) is 0 Å². The van der Waals surface area contributed by atoms with Crippen molar-refractivity contribution in [3.8, 4) is 5.75 Å². The maximum atomic E-state index is 9.82. The quantitative estimate of drug-likeness (QED) is 0.726. The van der Waals surface area contributed by atoms with Crippen molar-refractivity contribution in [2.75, 3.05) is 0 Å². The Bertz CT molecular complexity index is 485. The summed E-state index contributed by atoms with van der Waals surface area (Å²) in [5.41, 5.74) is 1.64. The topological polar surface area (TPSA) is 40.5 Å². The lowest BCUT2D eigenvalue weighted by Crippen LogP contribution is -2.15. The van der Waals surface area contributed by atoms with Crippen LogP contribution in [0, 0.1) is 5.41 Å². The minimum atomic E-state index is -0.462. The summed E-state index contributed by atoms with van der Waals surface area (Å²) < 4.78 is 0. The van der Waals surface area contributed by atoms with E-state index in [9.17, 15) is 10.2 Å². The maximum absolute atomic E-state index is 9.82. The summed E-state index contributed by atoms with van der Waals surface area (Å²) in [5.74, 6) is 0.262. The second kappa shape index (κ2) is 7.11. The summed E-state index contributed by atoms with van der Waals surface area (Å²) in [5, 5.41) is 19.1. The third-order valence-electron chi connectivity index (χ3n) is 3.54. The Morgan fingerprint density at radius 2 is 1.95 bits per heavy atom. The molecule has 0 aromatic heterocycles. The molecule has 0 radical (unpaired) electrons. The predicted molar refractivity (Wildman–Crippen MR) is 85.5 cm³/mol. The molecule has 2 nitrogen and oxygen atoms in total. The van der Waals surface area contributed by atoms with Gasteiger partial charge in [-0.25, -0.2) is 0 Å². The van der Waals surface area contributed by atoms with Gasteiger partial charge in [-0.05, 0) is 37.5 Å². The molecule has 2 N–H and O–H groups in total. The summed E-state index contributed by atoms with van der Waals surface area (Å²) in [6.45, 7) is 11.6. The van der Waals surface area contributed by atoms with E-state index in [0.29, 0.717) is 6.42 Å². The molecule has 0 aliphatic heterocycles. The third-order valence-corrected chi connectivity index (χ3v) is 3.54. The highest BCUT2D eigenvalue weighted by Gasteiger charge is 2.18. The number of phenols is 1. The molecule has 2 atom stereocenters. The van der Waals surface area contributed by atoms with Crippen molar-refractivity contribution in [1.29, 1.82) is 0 Å². The van der Waals surface area contributed by atoms with Crippen molar-refractivity contribution >= 4 is 6.08 Å². The van der Waals surface area contributed by atoms with Crippen LogP contribution in [-0.2, 0) is 0 Å². The van der Waals surface area contributed by atoms with Crippen LogP contribution in [0.2, 0.25) is 0 Å². The number of phenolic OH excluding ortho intramolecular Hbond substituents is 1. The highest BCUT2D eigenvalue weighted by atomic mass is 16.3. The van der Waals surface area contributed by atoms with E-state index >= 15 is 0 Å². The molecule has 0 saturated heterocycles.